The Bertz CT molecular complexity index is 884. The second-order valence-corrected chi connectivity index (χ2v) is 8.23. The number of hydrogen-bond acceptors (Lipinski definition) is 4. The van der Waals surface area contributed by atoms with Gasteiger partial charge in [0.25, 0.3) is 10.0 Å². The average Bonchev–Trinajstić information content (AvgIpc) is 2.64. The number of sulfonamides is 1. The number of amides is 1. The molecule has 9 heteroatoms. The fourth-order valence-corrected chi connectivity index (χ4v) is 4.02. The highest BCUT2D eigenvalue weighted by atomic mass is 35.5. The Labute approximate surface area is 170 Å². The third-order valence-electron chi connectivity index (χ3n) is 4.36. The minimum atomic E-state index is -3.79. The van der Waals surface area contributed by atoms with Gasteiger partial charge in [0.2, 0.25) is 5.91 Å². The lowest BCUT2D eigenvalue weighted by molar-refractivity contribution is -0.121. The summed E-state index contributed by atoms with van der Waals surface area (Å²) in [4.78, 5) is 12.1. The van der Waals surface area contributed by atoms with Crippen molar-refractivity contribution >= 4 is 34.0 Å². The van der Waals surface area contributed by atoms with E-state index in [0.717, 1.165) is 43.6 Å². The molecular weight excluding hydrogens is 405 g/mol. The molecule has 2 aromatic rings. The number of carbonyl (C=O) groups excluding carboxylic acids is 1. The van der Waals surface area contributed by atoms with Crippen LogP contribution in [0.4, 0.5) is 10.1 Å². The summed E-state index contributed by atoms with van der Waals surface area (Å²) in [5, 5.41) is 6.25. The first kappa shape index (κ1) is 22.1. The number of anilines is 1. The Hall–Kier alpha value is -2.16. The molecule has 1 amide bonds. The van der Waals surface area contributed by atoms with E-state index in [1.54, 1.807) is 24.3 Å². The molecule has 6 nitrogen and oxygen atoms in total. The van der Waals surface area contributed by atoms with E-state index < -0.39 is 15.8 Å². The molecule has 1 aliphatic rings. The zero-order chi connectivity index (χ0) is 19.3. The van der Waals surface area contributed by atoms with Crippen LogP contribution < -0.4 is 15.4 Å². The van der Waals surface area contributed by atoms with Crippen molar-refractivity contribution in [1.82, 2.24) is 10.6 Å². The summed E-state index contributed by atoms with van der Waals surface area (Å²) in [6.07, 6.45) is 2.26. The summed E-state index contributed by atoms with van der Waals surface area (Å²) in [5.74, 6) is -0.552. The number of benzene rings is 2. The number of hydrogen-bond donors (Lipinski definition) is 3. The first-order chi connectivity index (χ1) is 12.9. The van der Waals surface area contributed by atoms with Crippen molar-refractivity contribution in [2.24, 2.45) is 0 Å². The van der Waals surface area contributed by atoms with Crippen LogP contribution in [-0.2, 0) is 21.2 Å². The first-order valence-electron chi connectivity index (χ1n) is 8.80. The van der Waals surface area contributed by atoms with Crippen LogP contribution in [0.5, 0.6) is 0 Å². The van der Waals surface area contributed by atoms with Gasteiger partial charge in [-0.25, -0.2) is 12.8 Å². The molecule has 2 aromatic carbocycles. The number of piperidine rings is 1. The Balaban J connectivity index is 0.00000280. The SMILES string of the molecule is Cl.O=C(Cc1ccc(NS(=O)(=O)c2ccc(F)cc2)cc1)NC1CCCNC1. The number of carbonyl (C=O) groups is 1. The maximum Gasteiger partial charge on any atom is 0.261 e. The van der Waals surface area contributed by atoms with E-state index in [9.17, 15) is 17.6 Å². The molecule has 1 heterocycles. The number of rotatable bonds is 6. The summed E-state index contributed by atoms with van der Waals surface area (Å²) >= 11 is 0. The Morgan fingerprint density at radius 1 is 1.11 bits per heavy atom. The van der Waals surface area contributed by atoms with E-state index in [0.29, 0.717) is 5.69 Å². The topological polar surface area (TPSA) is 87.3 Å². The average molecular weight is 428 g/mol. The summed E-state index contributed by atoms with van der Waals surface area (Å²) in [7, 11) is -3.79. The van der Waals surface area contributed by atoms with Crippen molar-refractivity contribution in [3.05, 3.63) is 59.9 Å². The molecule has 0 radical (unpaired) electrons. The molecule has 152 valence electrons. The first-order valence-corrected chi connectivity index (χ1v) is 10.3. The van der Waals surface area contributed by atoms with Gasteiger partial charge in [0.05, 0.1) is 11.3 Å². The maximum absolute atomic E-state index is 12.9. The van der Waals surface area contributed by atoms with Crippen LogP contribution in [0.25, 0.3) is 0 Å². The van der Waals surface area contributed by atoms with E-state index in [2.05, 4.69) is 15.4 Å². The third-order valence-corrected chi connectivity index (χ3v) is 5.75. The van der Waals surface area contributed by atoms with Gasteiger partial charge in [-0.05, 0) is 61.3 Å². The van der Waals surface area contributed by atoms with Crippen molar-refractivity contribution in [1.29, 1.82) is 0 Å². The molecule has 1 atom stereocenters. The molecule has 1 aliphatic heterocycles. The van der Waals surface area contributed by atoms with Crippen molar-refractivity contribution in [2.75, 3.05) is 17.8 Å². The van der Waals surface area contributed by atoms with E-state index in [1.807, 2.05) is 0 Å². The number of nitrogens with one attached hydrogen (secondary N) is 3. The van der Waals surface area contributed by atoms with Gasteiger partial charge in [-0.15, -0.1) is 12.4 Å². The molecule has 0 aromatic heterocycles. The zero-order valence-corrected chi connectivity index (χ0v) is 16.8. The lowest BCUT2D eigenvalue weighted by atomic mass is 10.1. The molecule has 1 unspecified atom stereocenters. The monoisotopic (exact) mass is 427 g/mol. The third kappa shape index (κ3) is 6.19. The lowest BCUT2D eigenvalue weighted by Gasteiger charge is -2.23. The standard InChI is InChI=1S/C19H22FN3O3S.ClH/c20-15-5-9-18(10-6-15)27(25,26)23-16-7-3-14(4-8-16)12-19(24)22-17-2-1-11-21-13-17;/h3-10,17,21,23H,1-2,11-13H2,(H,22,24);1H. The van der Waals surface area contributed by atoms with Crippen LogP contribution in [-0.4, -0.2) is 33.5 Å². The van der Waals surface area contributed by atoms with Gasteiger partial charge in [0.15, 0.2) is 0 Å². The summed E-state index contributed by atoms with van der Waals surface area (Å²) in [6.45, 7) is 1.78. The van der Waals surface area contributed by atoms with E-state index in [4.69, 9.17) is 0 Å². The molecule has 3 rings (SSSR count). The normalized spacial score (nSPS) is 16.7. The Morgan fingerprint density at radius 2 is 1.79 bits per heavy atom. The Kier molecular flexibility index (Phi) is 7.79. The van der Waals surface area contributed by atoms with Crippen molar-refractivity contribution < 1.29 is 17.6 Å². The van der Waals surface area contributed by atoms with Gasteiger partial charge in [-0.2, -0.15) is 0 Å². The second kappa shape index (κ2) is 9.86. The summed E-state index contributed by atoms with van der Waals surface area (Å²) < 4.78 is 40.0. The molecule has 0 bridgehead atoms. The molecule has 3 N–H and O–H groups in total. The van der Waals surface area contributed by atoms with Gasteiger partial charge < -0.3 is 10.6 Å². The predicted molar refractivity (Wildman–Crippen MR) is 109 cm³/mol. The van der Waals surface area contributed by atoms with Crippen molar-refractivity contribution in [3.63, 3.8) is 0 Å². The molecular formula is C19H23ClFN3O3S. The molecule has 0 aliphatic carbocycles. The highest BCUT2D eigenvalue weighted by molar-refractivity contribution is 7.92. The minimum absolute atomic E-state index is 0. The van der Waals surface area contributed by atoms with Gasteiger partial charge in [0, 0.05) is 18.3 Å². The summed E-state index contributed by atoms with van der Waals surface area (Å²) in [5.41, 5.74) is 1.17. The van der Waals surface area contributed by atoms with E-state index in [-0.39, 0.29) is 35.7 Å². The maximum atomic E-state index is 12.9. The zero-order valence-electron chi connectivity index (χ0n) is 15.2. The fourth-order valence-electron chi connectivity index (χ4n) is 2.96. The predicted octanol–water partition coefficient (Wildman–Crippen LogP) is 2.46. The van der Waals surface area contributed by atoms with Crippen molar-refractivity contribution in [3.8, 4) is 0 Å². The minimum Gasteiger partial charge on any atom is -0.352 e. The van der Waals surface area contributed by atoms with Crippen LogP contribution in [0.1, 0.15) is 18.4 Å². The highest BCUT2D eigenvalue weighted by Crippen LogP contribution is 2.17. The fraction of sp³-hybridized carbons (Fsp3) is 0.316. The van der Waals surface area contributed by atoms with Gasteiger partial charge in [-0.3, -0.25) is 9.52 Å². The molecule has 0 saturated carbocycles. The van der Waals surface area contributed by atoms with Crippen molar-refractivity contribution in [2.45, 2.75) is 30.2 Å². The Morgan fingerprint density at radius 3 is 2.39 bits per heavy atom. The van der Waals surface area contributed by atoms with Crippen LogP contribution in [0, 0.1) is 5.82 Å². The van der Waals surface area contributed by atoms with E-state index >= 15 is 0 Å². The molecule has 0 spiro atoms. The van der Waals surface area contributed by atoms with E-state index in [1.165, 1.54) is 12.1 Å². The summed E-state index contributed by atoms with van der Waals surface area (Å²) in [6, 6.07) is 11.4. The van der Waals surface area contributed by atoms with Crippen LogP contribution in [0.15, 0.2) is 53.4 Å². The van der Waals surface area contributed by atoms with Gasteiger partial charge >= 0.3 is 0 Å². The lowest BCUT2D eigenvalue weighted by Crippen LogP contribution is -2.46. The highest BCUT2D eigenvalue weighted by Gasteiger charge is 2.16. The van der Waals surface area contributed by atoms with Crippen LogP contribution in [0.2, 0.25) is 0 Å². The molecule has 1 saturated heterocycles. The van der Waals surface area contributed by atoms with Gasteiger partial charge in [0.1, 0.15) is 5.82 Å². The number of halogens is 2. The van der Waals surface area contributed by atoms with Gasteiger partial charge in [-0.1, -0.05) is 12.1 Å². The smallest absolute Gasteiger partial charge is 0.261 e. The molecule has 1 fully saturated rings. The largest absolute Gasteiger partial charge is 0.352 e. The second-order valence-electron chi connectivity index (χ2n) is 6.54. The molecule has 28 heavy (non-hydrogen) atoms. The van der Waals surface area contributed by atoms with Crippen LogP contribution in [0.3, 0.4) is 0 Å². The quantitative estimate of drug-likeness (QED) is 0.660. The van der Waals surface area contributed by atoms with Crippen LogP contribution >= 0.6 is 12.4 Å².